The third kappa shape index (κ3) is 48.2. The number of nitrogens with one attached hydrogen (secondary N) is 11. The number of esters is 4. The number of guanidine groups is 8. The predicted molar refractivity (Wildman–Crippen MR) is 457 cm³/mol. The highest BCUT2D eigenvalue weighted by Gasteiger charge is 2.43. The third-order valence-electron chi connectivity index (χ3n) is 14.7. The molecule has 126 heavy (non-hydrogen) atoms. The van der Waals surface area contributed by atoms with Crippen LogP contribution in [0.25, 0.3) is 0 Å². The minimum Gasteiger partial charge on any atom is -0.478 e. The van der Waals surface area contributed by atoms with E-state index in [9.17, 15) is 85.1 Å². The van der Waals surface area contributed by atoms with Crippen molar-refractivity contribution in [2.45, 2.75) is 149 Å². The maximum atomic E-state index is 12.1. The lowest BCUT2D eigenvalue weighted by atomic mass is 10.1. The van der Waals surface area contributed by atoms with E-state index in [0.29, 0.717) is 46.1 Å². The van der Waals surface area contributed by atoms with Crippen molar-refractivity contribution < 1.29 is 109 Å². The molecule has 0 aliphatic carbocycles. The van der Waals surface area contributed by atoms with Crippen LogP contribution in [0.15, 0.2) is 117 Å². The zero-order valence-electron chi connectivity index (χ0n) is 71.9. The van der Waals surface area contributed by atoms with Gasteiger partial charge in [-0.05, 0) is 164 Å². The van der Waals surface area contributed by atoms with Crippen LogP contribution in [-0.2, 0) is 71.8 Å². The molecular formula is C78H108F3N25O20. The molecule has 22 N–H and O–H groups in total. The molecule has 1 fully saturated rings. The summed E-state index contributed by atoms with van der Waals surface area (Å²) in [7, 11) is 13.0. The zero-order valence-corrected chi connectivity index (χ0v) is 71.9. The van der Waals surface area contributed by atoms with Gasteiger partial charge in [-0.1, -0.05) is 0 Å². The highest BCUT2D eigenvalue weighted by atomic mass is 19.4. The molecule has 45 nitrogen and oxygen atoms in total. The number of aliphatic imine (C=N–C) groups is 4. The lowest BCUT2D eigenvalue weighted by Crippen LogP contribution is -2.38. The maximum absolute atomic E-state index is 12.1. The van der Waals surface area contributed by atoms with Gasteiger partial charge >= 0.3 is 42.0 Å². The average molecular weight is 1770 g/mol. The normalized spacial score (nSPS) is 11.6. The predicted octanol–water partition coefficient (Wildman–Crippen LogP) is 4.18. The molecule has 0 bridgehead atoms. The Kier molecular flexibility index (Phi) is 46.1. The molecule has 1 aliphatic heterocycles. The van der Waals surface area contributed by atoms with Gasteiger partial charge in [-0.3, -0.25) is 80.7 Å². The van der Waals surface area contributed by atoms with E-state index in [1.54, 1.807) is 146 Å². The van der Waals surface area contributed by atoms with E-state index >= 15 is 0 Å². The molecule has 0 saturated carbocycles. The number of carbonyl (C=O) groups excluding carboxylic acids is 14. The number of imide groups is 1. The van der Waals surface area contributed by atoms with Crippen molar-refractivity contribution in [2.24, 2.45) is 48.6 Å². The molecule has 686 valence electrons. The minimum atomic E-state index is -5.30. The molecule has 0 unspecified atom stereocenters. The Bertz CT molecular complexity index is 4660. The molecule has 0 aromatic heterocycles. The Morgan fingerprint density at radius 2 is 0.643 bits per heavy atom. The number of hydrogen-bond acceptors (Lipinski definition) is 23. The van der Waals surface area contributed by atoms with Crippen LogP contribution in [-0.4, -0.2) is 240 Å². The first-order valence-corrected chi connectivity index (χ1v) is 37.7. The Hall–Kier alpha value is -15.3. The maximum Gasteiger partial charge on any atom is 0.491 e. The number of hydroxylamine groups is 2. The van der Waals surface area contributed by atoms with Gasteiger partial charge in [0, 0.05) is 143 Å². The van der Waals surface area contributed by atoms with E-state index in [0.717, 1.165) is 12.1 Å². The summed E-state index contributed by atoms with van der Waals surface area (Å²) in [5.74, 6) is -11.5. The standard InChI is InChI=1S/C20H30N6O4.C20H24N2O7.C18H21F3N6O5.C16H22N6O4.C4H11N5/c1-20(2,3)30-17(29)13-9-11-14(12-10-13)23-15(27)7-6-8-16(28)24-18(21)25-19(22)26(4)5;1-20(2,3)28-19(27)13-7-9-14(10-8-13)21-15(23)5-4-6-18(26)29-22-16(24)11-12-17(22)25;1-27(2)17(23)26-16(22)25-13(29)5-3-4-12(28)24-11-8-6-10(7-9-11)14(30)32-15(31)18(19,20)21;1-22(2)16(18)21-15(17)20-13(24)5-3-4-12(23)19-11-8-6-10(7-9-11)14(25)26;1-9(2)4(7)8-3(5)6/h9-12H,6-8H2,1-5H3,(H,23,27)(H4,21,22,24,25,28);7-10H,4-6,11-12H2,1-3H3,(H,21,23);6-9H,3-5H2,1-2H3,(H,24,28)(H4,22,23,25,26,29);6-9H,3-5H2,1-2H3,(H,19,23)(H,25,26)(H4,17,18,20,21,24);1-2H3,(H5,5,6,7,8). The number of hydrogen-bond donors (Lipinski definition) is 17. The van der Waals surface area contributed by atoms with Gasteiger partial charge in [-0.15, -0.1) is 5.06 Å². The quantitative estimate of drug-likeness (QED) is 0.0110. The van der Waals surface area contributed by atoms with Gasteiger partial charge in [-0.25, -0.2) is 28.8 Å². The summed E-state index contributed by atoms with van der Waals surface area (Å²) < 4.78 is 50.6. The molecule has 1 aliphatic rings. The van der Waals surface area contributed by atoms with Crippen LogP contribution in [0.2, 0.25) is 0 Å². The highest BCUT2D eigenvalue weighted by molar-refractivity contribution is 6.05. The van der Waals surface area contributed by atoms with Gasteiger partial charge < -0.3 is 93.7 Å². The first kappa shape index (κ1) is 109. The number of rotatable bonds is 25. The van der Waals surface area contributed by atoms with Crippen LogP contribution in [0.4, 0.5) is 35.9 Å². The van der Waals surface area contributed by atoms with Crippen LogP contribution in [0.3, 0.4) is 0 Å². The van der Waals surface area contributed by atoms with E-state index in [1.165, 1.54) is 56.0 Å². The molecule has 1 heterocycles. The number of halogens is 3. The molecule has 4 aromatic rings. The Labute approximate surface area is 722 Å². The largest absolute Gasteiger partial charge is 0.491 e. The number of amides is 9. The highest BCUT2D eigenvalue weighted by Crippen LogP contribution is 2.22. The van der Waals surface area contributed by atoms with Crippen molar-refractivity contribution in [3.8, 4) is 0 Å². The second kappa shape index (κ2) is 53.5. The summed E-state index contributed by atoms with van der Waals surface area (Å²) >= 11 is 0. The van der Waals surface area contributed by atoms with Gasteiger partial charge in [0.1, 0.15) is 11.2 Å². The lowest BCUT2D eigenvalue weighted by Gasteiger charge is -2.19. The monoisotopic (exact) mass is 1770 g/mol. The molecular weight excluding hydrogens is 1660 g/mol. The van der Waals surface area contributed by atoms with E-state index in [2.05, 4.69) is 61.9 Å². The fourth-order valence-corrected chi connectivity index (χ4v) is 8.53. The molecule has 48 heteroatoms. The van der Waals surface area contributed by atoms with Crippen molar-refractivity contribution in [3.05, 3.63) is 119 Å². The van der Waals surface area contributed by atoms with Gasteiger partial charge in [0.2, 0.25) is 83.1 Å². The zero-order chi connectivity index (χ0) is 96.1. The topological polar surface area (TPSA) is 689 Å². The van der Waals surface area contributed by atoms with Gasteiger partial charge in [-0.2, -0.15) is 33.1 Å². The van der Waals surface area contributed by atoms with Crippen molar-refractivity contribution >= 4 is 159 Å². The van der Waals surface area contributed by atoms with E-state index in [4.69, 9.17) is 69.7 Å². The molecule has 5 rings (SSSR count). The van der Waals surface area contributed by atoms with Crippen molar-refractivity contribution in [1.29, 1.82) is 21.6 Å². The number of alkyl halides is 3. The number of carboxylic acid groups (broad SMARTS) is 1. The van der Waals surface area contributed by atoms with Crippen molar-refractivity contribution in [3.63, 3.8) is 0 Å². The Morgan fingerprint density at radius 1 is 0.397 bits per heavy atom. The molecule has 0 atom stereocenters. The fraction of sp³-hybridized carbons (Fsp3) is 0.397. The summed E-state index contributed by atoms with van der Waals surface area (Å²) in [6, 6.07) is 23.0. The fourth-order valence-electron chi connectivity index (χ4n) is 8.53. The number of ether oxygens (including phenoxy) is 3. The Morgan fingerprint density at radius 3 is 0.881 bits per heavy atom. The summed E-state index contributed by atoms with van der Waals surface area (Å²) in [4.78, 5) is 199. The molecule has 4 aromatic carbocycles. The lowest BCUT2D eigenvalue weighted by molar-refractivity contribution is -0.197. The number of carbonyl (C=O) groups is 15. The summed E-state index contributed by atoms with van der Waals surface area (Å²) in [6.45, 7) is 10.7. The first-order chi connectivity index (χ1) is 58.4. The molecule has 9 amide bonds. The smallest absolute Gasteiger partial charge is 0.478 e. The summed E-state index contributed by atoms with van der Waals surface area (Å²) in [5, 5.41) is 56.3. The number of aromatic carboxylic acids is 1. The SMILES string of the molecule is CC(C)(C)OC(=O)c1ccc(NC(=O)CCCC(=O)ON2C(=O)CCC2=O)cc1.CN(C)C(=N)N=C(N)N.CN(C)C(=N)N=C(N)NC(=O)CCCC(=O)Nc1ccc(C(=O)O)cc1.CN(C)C(=N)N=C(N)NC(=O)CCCC(=O)Nc1ccc(C(=O)OC(=O)C(F)(F)F)cc1.CN(C)C(=N)N=C(N)NC(=O)CCCC(=O)Nc1ccc(C(=O)OC(C)(C)C)cc1. The average Bonchev–Trinajstić information content (AvgIpc) is 1.77. The van der Waals surface area contributed by atoms with Gasteiger partial charge in [0.15, 0.2) is 5.96 Å². The molecule has 0 radical (unpaired) electrons. The summed E-state index contributed by atoms with van der Waals surface area (Å²) in [6.07, 6.45) is -4.04. The first-order valence-electron chi connectivity index (χ1n) is 37.7. The van der Waals surface area contributed by atoms with Crippen LogP contribution >= 0.6 is 0 Å². The number of anilines is 4. The number of carboxylic acids is 1. The van der Waals surface area contributed by atoms with Crippen molar-refractivity contribution in [1.82, 2.24) is 40.6 Å². The van der Waals surface area contributed by atoms with Crippen LogP contribution in [0, 0.1) is 21.6 Å². The number of benzene rings is 4. The molecule has 1 saturated heterocycles. The van der Waals surface area contributed by atoms with E-state index in [-0.39, 0.29) is 159 Å². The second-order valence-corrected chi connectivity index (χ2v) is 29.0. The number of nitrogens with zero attached hydrogens (tertiary/aromatic N) is 9. The summed E-state index contributed by atoms with van der Waals surface area (Å²) in [5.41, 5.74) is 27.7. The van der Waals surface area contributed by atoms with Crippen LogP contribution in [0.5, 0.6) is 0 Å². The van der Waals surface area contributed by atoms with Gasteiger partial charge in [0.05, 0.1) is 22.3 Å². The van der Waals surface area contributed by atoms with E-state index in [1.807, 2.05) is 0 Å². The second-order valence-electron chi connectivity index (χ2n) is 29.0. The number of nitrogens with two attached hydrogens (primary N) is 5. The van der Waals surface area contributed by atoms with Crippen molar-refractivity contribution in [2.75, 3.05) is 77.6 Å². The minimum absolute atomic E-state index is 0.0290. The van der Waals surface area contributed by atoms with E-state index < -0.39 is 88.6 Å². The molecule has 0 spiro atoms. The van der Waals surface area contributed by atoms with Gasteiger partial charge in [0.25, 0.3) is 11.8 Å². The van der Waals surface area contributed by atoms with Crippen LogP contribution < -0.4 is 65.9 Å². The van der Waals surface area contributed by atoms with Crippen LogP contribution in [0.1, 0.15) is 173 Å². The Balaban J connectivity index is 0.000000813. The third-order valence-corrected chi connectivity index (χ3v) is 14.7.